The van der Waals surface area contributed by atoms with E-state index in [2.05, 4.69) is 12.2 Å². The Labute approximate surface area is 126 Å². The number of nitrogens with zero attached hydrogens (tertiary/aromatic N) is 1. The summed E-state index contributed by atoms with van der Waals surface area (Å²) in [6.07, 6.45) is 4.67. The molecule has 2 unspecified atom stereocenters. The molecule has 1 saturated heterocycles. The van der Waals surface area contributed by atoms with E-state index in [-0.39, 0.29) is 18.5 Å². The Morgan fingerprint density at radius 1 is 1.38 bits per heavy atom. The number of rotatable bonds is 9. The molecule has 2 N–H and O–H groups in total. The van der Waals surface area contributed by atoms with Crippen LogP contribution in [-0.2, 0) is 9.53 Å². The van der Waals surface area contributed by atoms with Crippen molar-refractivity contribution in [3.05, 3.63) is 0 Å². The molecule has 1 fully saturated rings. The van der Waals surface area contributed by atoms with Crippen LogP contribution < -0.4 is 5.32 Å². The molecular weight excluding hydrogens is 272 g/mol. The van der Waals surface area contributed by atoms with Crippen LogP contribution in [0.4, 0.5) is 4.79 Å². The van der Waals surface area contributed by atoms with Gasteiger partial charge in [0.1, 0.15) is 0 Å². The topological polar surface area (TPSA) is 78.9 Å². The summed E-state index contributed by atoms with van der Waals surface area (Å²) in [5.74, 6) is -0.382. The van der Waals surface area contributed by atoms with E-state index in [0.29, 0.717) is 25.5 Å². The van der Waals surface area contributed by atoms with Gasteiger partial charge in [-0.2, -0.15) is 0 Å². The number of amides is 2. The molecule has 21 heavy (non-hydrogen) atoms. The largest absolute Gasteiger partial charge is 0.481 e. The maximum atomic E-state index is 12.0. The Morgan fingerprint density at radius 2 is 2.14 bits per heavy atom. The predicted molar refractivity (Wildman–Crippen MR) is 80.3 cm³/mol. The Hall–Kier alpha value is -1.30. The van der Waals surface area contributed by atoms with Crippen LogP contribution >= 0.6 is 0 Å². The van der Waals surface area contributed by atoms with Gasteiger partial charge in [0.05, 0.1) is 12.6 Å². The van der Waals surface area contributed by atoms with Crippen molar-refractivity contribution >= 4 is 12.0 Å². The zero-order valence-corrected chi connectivity index (χ0v) is 13.1. The lowest BCUT2D eigenvalue weighted by Gasteiger charge is -2.24. The number of carboxylic acid groups (broad SMARTS) is 1. The molecule has 1 aliphatic rings. The number of nitrogens with one attached hydrogen (secondary N) is 1. The van der Waals surface area contributed by atoms with E-state index in [9.17, 15) is 9.59 Å². The molecule has 6 nitrogen and oxygen atoms in total. The minimum atomic E-state index is -0.749. The Kier molecular flexibility index (Phi) is 8.12. The molecule has 0 aliphatic carbocycles. The zero-order valence-electron chi connectivity index (χ0n) is 13.1. The lowest BCUT2D eigenvalue weighted by Crippen LogP contribution is -2.44. The van der Waals surface area contributed by atoms with Gasteiger partial charge in [-0.1, -0.05) is 19.8 Å². The molecule has 0 aromatic rings. The second-order valence-corrected chi connectivity index (χ2v) is 5.74. The molecule has 0 aromatic heterocycles. The predicted octanol–water partition coefficient (Wildman–Crippen LogP) is 2.09. The van der Waals surface area contributed by atoms with Crippen molar-refractivity contribution in [2.45, 2.75) is 51.5 Å². The standard InChI is InChI=1S/C15H28N2O4/c1-3-4-12(5-6-14(18)19)7-9-16-15(20)17(2)13-8-10-21-11-13/h12-13H,3-11H2,1-2H3,(H,16,20)(H,18,19). The quantitative estimate of drug-likeness (QED) is 0.683. The third kappa shape index (κ3) is 6.80. The van der Waals surface area contributed by atoms with Crippen molar-refractivity contribution in [2.24, 2.45) is 5.92 Å². The van der Waals surface area contributed by atoms with Crippen molar-refractivity contribution in [1.82, 2.24) is 10.2 Å². The summed E-state index contributed by atoms with van der Waals surface area (Å²) in [4.78, 5) is 24.3. The fourth-order valence-electron chi connectivity index (χ4n) is 2.67. The van der Waals surface area contributed by atoms with Gasteiger partial charge < -0.3 is 20.1 Å². The monoisotopic (exact) mass is 300 g/mol. The van der Waals surface area contributed by atoms with Gasteiger partial charge in [0.25, 0.3) is 0 Å². The molecule has 2 atom stereocenters. The van der Waals surface area contributed by atoms with Gasteiger partial charge in [-0.25, -0.2) is 4.79 Å². The van der Waals surface area contributed by atoms with Crippen molar-refractivity contribution < 1.29 is 19.4 Å². The first-order valence-corrected chi connectivity index (χ1v) is 7.84. The highest BCUT2D eigenvalue weighted by atomic mass is 16.5. The molecule has 1 aliphatic heterocycles. The fourth-order valence-corrected chi connectivity index (χ4v) is 2.67. The smallest absolute Gasteiger partial charge is 0.317 e. The summed E-state index contributed by atoms with van der Waals surface area (Å²) < 4.78 is 5.28. The summed E-state index contributed by atoms with van der Waals surface area (Å²) in [7, 11) is 1.79. The Morgan fingerprint density at radius 3 is 2.71 bits per heavy atom. The number of aliphatic carboxylic acids is 1. The third-order valence-corrected chi connectivity index (χ3v) is 4.07. The summed E-state index contributed by atoms with van der Waals surface area (Å²) >= 11 is 0. The van der Waals surface area contributed by atoms with Crippen molar-refractivity contribution in [3.8, 4) is 0 Å². The average Bonchev–Trinajstić information content (AvgIpc) is 2.97. The lowest BCUT2D eigenvalue weighted by atomic mass is 9.94. The molecule has 1 heterocycles. The van der Waals surface area contributed by atoms with Crippen LogP contribution in [0, 0.1) is 5.92 Å². The van der Waals surface area contributed by atoms with E-state index in [1.54, 1.807) is 11.9 Å². The number of likely N-dealkylation sites (N-methyl/N-ethyl adjacent to an activating group) is 1. The number of hydrogen-bond acceptors (Lipinski definition) is 3. The highest BCUT2D eigenvalue weighted by Gasteiger charge is 2.23. The molecule has 0 radical (unpaired) electrons. The Balaban J connectivity index is 2.24. The van der Waals surface area contributed by atoms with E-state index in [4.69, 9.17) is 9.84 Å². The molecule has 1 rings (SSSR count). The molecular formula is C15H28N2O4. The van der Waals surface area contributed by atoms with Crippen molar-refractivity contribution in [2.75, 3.05) is 26.8 Å². The highest BCUT2D eigenvalue weighted by Crippen LogP contribution is 2.17. The summed E-state index contributed by atoms with van der Waals surface area (Å²) in [6.45, 7) is 4.03. The van der Waals surface area contributed by atoms with Gasteiger partial charge in [0.2, 0.25) is 0 Å². The van der Waals surface area contributed by atoms with Crippen LogP contribution in [0.1, 0.15) is 45.4 Å². The summed E-state index contributed by atoms with van der Waals surface area (Å²) in [5.41, 5.74) is 0. The van der Waals surface area contributed by atoms with Crippen LogP contribution in [0.15, 0.2) is 0 Å². The van der Waals surface area contributed by atoms with E-state index in [0.717, 1.165) is 32.3 Å². The first-order valence-electron chi connectivity index (χ1n) is 7.84. The van der Waals surface area contributed by atoms with E-state index < -0.39 is 5.97 Å². The van der Waals surface area contributed by atoms with Gasteiger partial charge in [0, 0.05) is 26.6 Å². The normalized spacial score (nSPS) is 19.2. The molecule has 0 spiro atoms. The number of carbonyl (C=O) groups is 2. The zero-order chi connectivity index (χ0) is 15.7. The van der Waals surface area contributed by atoms with Gasteiger partial charge in [-0.3, -0.25) is 4.79 Å². The maximum absolute atomic E-state index is 12.0. The molecule has 0 saturated carbocycles. The first kappa shape index (κ1) is 17.8. The number of hydrogen-bond donors (Lipinski definition) is 2. The van der Waals surface area contributed by atoms with E-state index in [1.165, 1.54) is 0 Å². The van der Waals surface area contributed by atoms with Gasteiger partial charge in [0.15, 0.2) is 0 Å². The summed E-state index contributed by atoms with van der Waals surface area (Å²) in [6, 6.07) is 0.0995. The fraction of sp³-hybridized carbons (Fsp3) is 0.867. The maximum Gasteiger partial charge on any atom is 0.317 e. The second-order valence-electron chi connectivity index (χ2n) is 5.74. The van der Waals surface area contributed by atoms with Crippen molar-refractivity contribution in [3.63, 3.8) is 0 Å². The lowest BCUT2D eigenvalue weighted by molar-refractivity contribution is -0.137. The molecule has 6 heteroatoms. The molecule has 2 amide bonds. The van der Waals surface area contributed by atoms with E-state index >= 15 is 0 Å². The first-order chi connectivity index (χ1) is 10.0. The van der Waals surface area contributed by atoms with Crippen LogP contribution in [0.5, 0.6) is 0 Å². The van der Waals surface area contributed by atoms with Crippen LogP contribution in [0.3, 0.4) is 0 Å². The van der Waals surface area contributed by atoms with Crippen LogP contribution in [0.2, 0.25) is 0 Å². The van der Waals surface area contributed by atoms with Crippen LogP contribution in [-0.4, -0.2) is 54.9 Å². The van der Waals surface area contributed by atoms with Gasteiger partial charge >= 0.3 is 12.0 Å². The van der Waals surface area contributed by atoms with Crippen LogP contribution in [0.25, 0.3) is 0 Å². The third-order valence-electron chi connectivity index (χ3n) is 4.07. The van der Waals surface area contributed by atoms with E-state index in [1.807, 2.05) is 0 Å². The average molecular weight is 300 g/mol. The van der Waals surface area contributed by atoms with Crippen molar-refractivity contribution in [1.29, 1.82) is 0 Å². The minimum absolute atomic E-state index is 0.0704. The minimum Gasteiger partial charge on any atom is -0.481 e. The second kappa shape index (κ2) is 9.60. The molecule has 122 valence electrons. The molecule has 0 bridgehead atoms. The number of carbonyl (C=O) groups excluding carboxylic acids is 1. The van der Waals surface area contributed by atoms with Gasteiger partial charge in [-0.05, 0) is 25.2 Å². The SMILES string of the molecule is CCCC(CCNC(=O)N(C)C1CCOC1)CCC(=O)O. The number of ether oxygens (including phenoxy) is 1. The van der Waals surface area contributed by atoms with Gasteiger partial charge in [-0.15, -0.1) is 0 Å². The Bertz CT molecular complexity index is 330. The summed E-state index contributed by atoms with van der Waals surface area (Å²) in [5, 5.41) is 11.7. The number of carboxylic acids is 1. The highest BCUT2D eigenvalue weighted by molar-refractivity contribution is 5.74. The number of urea groups is 1. The molecule has 0 aromatic carbocycles.